The summed E-state index contributed by atoms with van der Waals surface area (Å²) < 4.78 is 19.2. The van der Waals surface area contributed by atoms with Gasteiger partial charge in [-0.2, -0.15) is 0 Å². The fourth-order valence-electron chi connectivity index (χ4n) is 3.96. The molecule has 2 heterocycles. The van der Waals surface area contributed by atoms with Crippen molar-refractivity contribution in [3.8, 4) is 5.75 Å². The molecule has 7 nitrogen and oxygen atoms in total. The van der Waals surface area contributed by atoms with Gasteiger partial charge in [0.25, 0.3) is 0 Å². The van der Waals surface area contributed by atoms with E-state index < -0.39 is 0 Å². The molecule has 0 radical (unpaired) electrons. The van der Waals surface area contributed by atoms with Crippen LogP contribution in [-0.2, 0) is 4.79 Å². The van der Waals surface area contributed by atoms with Crippen molar-refractivity contribution in [2.75, 3.05) is 49.6 Å². The van der Waals surface area contributed by atoms with Crippen LogP contribution in [0.15, 0.2) is 48.5 Å². The number of nitrogens with zero attached hydrogens (tertiary/aromatic N) is 3. The molecule has 8 heteroatoms. The van der Waals surface area contributed by atoms with E-state index >= 15 is 0 Å². The second kappa shape index (κ2) is 8.61. The van der Waals surface area contributed by atoms with Crippen LogP contribution >= 0.6 is 0 Å². The molecule has 2 aliphatic rings. The molecular weight excluding hydrogens is 387 g/mol. The molecule has 0 bridgehead atoms. The molecule has 4 rings (SSSR count). The SMILES string of the molecule is COc1cccc(N2C[C@@H](NC(=O)N3CCN(c4ccccc4F)CC3)CC2=O)c1. The van der Waals surface area contributed by atoms with Gasteiger partial charge in [-0.3, -0.25) is 4.79 Å². The number of nitrogens with one attached hydrogen (secondary N) is 1. The van der Waals surface area contributed by atoms with Crippen molar-refractivity contribution in [1.82, 2.24) is 10.2 Å². The molecule has 158 valence electrons. The summed E-state index contributed by atoms with van der Waals surface area (Å²) in [5.41, 5.74) is 1.32. The van der Waals surface area contributed by atoms with Gasteiger partial charge < -0.3 is 24.8 Å². The smallest absolute Gasteiger partial charge is 0.317 e. The Kier molecular flexibility index (Phi) is 5.74. The normalized spacial score (nSPS) is 19.2. The summed E-state index contributed by atoms with van der Waals surface area (Å²) in [5.74, 6) is 0.399. The Hall–Kier alpha value is -3.29. The number of benzene rings is 2. The molecule has 0 spiro atoms. The average Bonchev–Trinajstić information content (AvgIpc) is 3.14. The van der Waals surface area contributed by atoms with Gasteiger partial charge in [-0.05, 0) is 24.3 Å². The minimum absolute atomic E-state index is 0.0297. The van der Waals surface area contributed by atoms with Crippen molar-refractivity contribution < 1.29 is 18.7 Å². The molecule has 1 N–H and O–H groups in total. The highest BCUT2D eigenvalue weighted by molar-refractivity contribution is 5.97. The third-order valence-electron chi connectivity index (χ3n) is 5.58. The van der Waals surface area contributed by atoms with Crippen LogP contribution in [0, 0.1) is 5.82 Å². The fraction of sp³-hybridized carbons (Fsp3) is 0.364. The summed E-state index contributed by atoms with van der Waals surface area (Å²) in [6, 6.07) is 13.6. The zero-order valence-corrected chi connectivity index (χ0v) is 16.9. The fourth-order valence-corrected chi connectivity index (χ4v) is 3.96. The topological polar surface area (TPSA) is 65.1 Å². The maximum atomic E-state index is 14.0. The molecule has 0 aliphatic carbocycles. The Labute approximate surface area is 175 Å². The van der Waals surface area contributed by atoms with Crippen LogP contribution in [0.2, 0.25) is 0 Å². The van der Waals surface area contributed by atoms with Gasteiger partial charge in [0.1, 0.15) is 11.6 Å². The predicted molar refractivity (Wildman–Crippen MR) is 112 cm³/mol. The molecule has 30 heavy (non-hydrogen) atoms. The van der Waals surface area contributed by atoms with Crippen LogP contribution < -0.4 is 19.9 Å². The highest BCUT2D eigenvalue weighted by atomic mass is 19.1. The van der Waals surface area contributed by atoms with Crippen molar-refractivity contribution in [3.05, 3.63) is 54.3 Å². The van der Waals surface area contributed by atoms with E-state index in [4.69, 9.17) is 4.74 Å². The van der Waals surface area contributed by atoms with Gasteiger partial charge in [-0.1, -0.05) is 18.2 Å². The van der Waals surface area contributed by atoms with Crippen molar-refractivity contribution in [2.45, 2.75) is 12.5 Å². The van der Waals surface area contributed by atoms with Crippen LogP contribution in [0.1, 0.15) is 6.42 Å². The van der Waals surface area contributed by atoms with E-state index in [1.165, 1.54) is 6.07 Å². The third kappa shape index (κ3) is 4.17. The predicted octanol–water partition coefficient (Wildman–Crippen LogP) is 2.47. The Morgan fingerprint density at radius 3 is 2.60 bits per heavy atom. The summed E-state index contributed by atoms with van der Waals surface area (Å²) in [6.07, 6.45) is 0.262. The van der Waals surface area contributed by atoms with Crippen LogP contribution in [0.4, 0.5) is 20.6 Å². The number of halogens is 1. The number of hydrogen-bond acceptors (Lipinski definition) is 4. The minimum atomic E-state index is -0.252. The number of rotatable bonds is 4. The summed E-state index contributed by atoms with van der Waals surface area (Å²) in [5, 5.41) is 2.97. The van der Waals surface area contributed by atoms with E-state index in [2.05, 4.69) is 5.32 Å². The zero-order valence-electron chi connectivity index (χ0n) is 16.9. The lowest BCUT2D eigenvalue weighted by Gasteiger charge is -2.36. The molecule has 0 saturated carbocycles. The van der Waals surface area contributed by atoms with Gasteiger partial charge in [0.2, 0.25) is 5.91 Å². The van der Waals surface area contributed by atoms with Gasteiger partial charge in [0.15, 0.2) is 0 Å². The number of carbonyl (C=O) groups excluding carboxylic acids is 2. The Morgan fingerprint density at radius 1 is 1.10 bits per heavy atom. The Morgan fingerprint density at radius 2 is 1.87 bits per heavy atom. The van der Waals surface area contributed by atoms with E-state index in [0.717, 1.165) is 5.69 Å². The number of hydrogen-bond donors (Lipinski definition) is 1. The van der Waals surface area contributed by atoms with Gasteiger partial charge >= 0.3 is 6.03 Å². The molecule has 0 aromatic heterocycles. The van der Waals surface area contributed by atoms with Gasteiger partial charge in [-0.25, -0.2) is 9.18 Å². The third-order valence-corrected chi connectivity index (χ3v) is 5.58. The van der Waals surface area contributed by atoms with Crippen LogP contribution in [0.25, 0.3) is 0 Å². The second-order valence-electron chi connectivity index (χ2n) is 7.48. The van der Waals surface area contributed by atoms with E-state index in [9.17, 15) is 14.0 Å². The summed E-state index contributed by atoms with van der Waals surface area (Å²) >= 11 is 0. The number of ether oxygens (including phenoxy) is 1. The van der Waals surface area contributed by atoms with Crippen molar-refractivity contribution in [2.24, 2.45) is 0 Å². The van der Waals surface area contributed by atoms with E-state index in [0.29, 0.717) is 44.2 Å². The number of methoxy groups -OCH3 is 1. The first-order valence-corrected chi connectivity index (χ1v) is 10.0. The first-order valence-electron chi connectivity index (χ1n) is 10.0. The molecule has 2 aliphatic heterocycles. The monoisotopic (exact) mass is 412 g/mol. The largest absolute Gasteiger partial charge is 0.497 e. The first kappa shape index (κ1) is 20.0. The highest BCUT2D eigenvalue weighted by Crippen LogP contribution is 2.26. The number of piperazine rings is 1. The summed E-state index contributed by atoms with van der Waals surface area (Å²) in [6.45, 7) is 2.55. The van der Waals surface area contributed by atoms with E-state index in [1.54, 1.807) is 29.0 Å². The molecule has 2 aromatic carbocycles. The second-order valence-corrected chi connectivity index (χ2v) is 7.48. The number of anilines is 2. The van der Waals surface area contributed by atoms with Crippen molar-refractivity contribution in [1.29, 1.82) is 0 Å². The minimum Gasteiger partial charge on any atom is -0.497 e. The van der Waals surface area contributed by atoms with Crippen LogP contribution in [0.3, 0.4) is 0 Å². The Balaban J connectivity index is 1.31. The van der Waals surface area contributed by atoms with Crippen LogP contribution in [-0.4, -0.2) is 62.7 Å². The van der Waals surface area contributed by atoms with E-state index in [-0.39, 0.29) is 30.2 Å². The molecule has 3 amide bonds. The first-order chi connectivity index (χ1) is 14.5. The number of amides is 3. The maximum Gasteiger partial charge on any atom is 0.317 e. The van der Waals surface area contributed by atoms with Gasteiger partial charge in [0, 0.05) is 50.9 Å². The van der Waals surface area contributed by atoms with Crippen molar-refractivity contribution in [3.63, 3.8) is 0 Å². The lowest BCUT2D eigenvalue weighted by Crippen LogP contribution is -2.54. The maximum absolute atomic E-state index is 14.0. The molecule has 1 atom stereocenters. The lowest BCUT2D eigenvalue weighted by atomic mass is 10.2. The molecular formula is C22H25FN4O3. The van der Waals surface area contributed by atoms with E-state index in [1.807, 2.05) is 35.2 Å². The standard InChI is InChI=1S/C22H25FN4O3/c1-30-18-6-4-5-17(14-18)27-15-16(13-21(27)28)24-22(29)26-11-9-25(10-12-26)20-8-3-2-7-19(20)23/h2-8,14,16H,9-13,15H2,1H3,(H,24,29)/t16-/m0/s1. The molecule has 2 fully saturated rings. The molecule has 0 unspecified atom stereocenters. The number of para-hydroxylation sites is 1. The quantitative estimate of drug-likeness (QED) is 0.838. The number of urea groups is 1. The van der Waals surface area contributed by atoms with Crippen LogP contribution in [0.5, 0.6) is 5.75 Å². The Bertz CT molecular complexity index is 930. The lowest BCUT2D eigenvalue weighted by molar-refractivity contribution is -0.117. The van der Waals surface area contributed by atoms with Crippen molar-refractivity contribution >= 4 is 23.3 Å². The summed E-state index contributed by atoms with van der Waals surface area (Å²) in [7, 11) is 1.58. The zero-order chi connectivity index (χ0) is 21.1. The van der Waals surface area contributed by atoms with Gasteiger partial charge in [-0.15, -0.1) is 0 Å². The average molecular weight is 412 g/mol. The molecule has 2 aromatic rings. The highest BCUT2D eigenvalue weighted by Gasteiger charge is 2.33. The molecule has 2 saturated heterocycles. The van der Waals surface area contributed by atoms with Gasteiger partial charge in [0.05, 0.1) is 18.8 Å². The summed E-state index contributed by atoms with van der Waals surface area (Å²) in [4.78, 5) is 30.5. The number of carbonyl (C=O) groups is 2.